The molecule has 3 aromatic rings. The number of benzene rings is 1. The molecule has 0 saturated heterocycles. The van der Waals surface area contributed by atoms with Crippen molar-refractivity contribution in [3.63, 3.8) is 0 Å². The Morgan fingerprint density at radius 3 is 2.58 bits per heavy atom. The van der Waals surface area contributed by atoms with E-state index < -0.39 is 29.8 Å². The molecule has 10 heteroatoms. The Labute approximate surface area is 191 Å². The molecule has 0 aliphatic heterocycles. The van der Waals surface area contributed by atoms with Crippen molar-refractivity contribution in [1.29, 1.82) is 0 Å². The molecule has 0 aliphatic carbocycles. The Bertz CT molecular complexity index is 1150. The second kappa shape index (κ2) is 10.2. The molecule has 0 spiro atoms. The number of hydrogen-bond donors (Lipinski definition) is 4. The van der Waals surface area contributed by atoms with Crippen LogP contribution in [0.3, 0.4) is 0 Å². The lowest BCUT2D eigenvalue weighted by Gasteiger charge is -2.22. The van der Waals surface area contributed by atoms with Crippen LogP contribution < -0.4 is 21.1 Å². The number of aryl methyl sites for hydroxylation is 1. The van der Waals surface area contributed by atoms with Gasteiger partial charge >= 0.3 is 0 Å². The molecule has 0 bridgehead atoms. The lowest BCUT2D eigenvalue weighted by Crippen LogP contribution is -2.54. The molecule has 1 aromatic carbocycles. The number of primary amides is 1. The summed E-state index contributed by atoms with van der Waals surface area (Å²) in [5.74, 6) is -0.837. The maximum atomic E-state index is 13.0. The van der Waals surface area contributed by atoms with Crippen LogP contribution in [0.15, 0.2) is 36.8 Å². The Balaban J connectivity index is 1.75. The van der Waals surface area contributed by atoms with E-state index in [1.807, 2.05) is 33.0 Å². The van der Waals surface area contributed by atoms with Gasteiger partial charge in [0, 0.05) is 30.6 Å². The molecule has 2 atom stereocenters. The first-order valence-electron chi connectivity index (χ1n) is 10.7. The van der Waals surface area contributed by atoms with E-state index in [1.54, 1.807) is 36.3 Å². The zero-order valence-electron chi connectivity index (χ0n) is 19.2. The number of nitrogens with two attached hydrogens (primary N) is 1. The van der Waals surface area contributed by atoms with Crippen molar-refractivity contribution >= 4 is 28.6 Å². The number of nitrogens with zero attached hydrogens (tertiary/aromatic N) is 2. The number of H-pyrrole nitrogens is 1. The van der Waals surface area contributed by atoms with Gasteiger partial charge in [-0.1, -0.05) is 19.9 Å². The number of aromatic nitrogens is 3. The highest BCUT2D eigenvalue weighted by Gasteiger charge is 2.28. The minimum Gasteiger partial charge on any atom is -0.496 e. The van der Waals surface area contributed by atoms with Gasteiger partial charge in [-0.15, -0.1) is 0 Å². The second-order valence-electron chi connectivity index (χ2n) is 8.46. The molecule has 0 saturated carbocycles. The number of carbonyl (C=O) groups is 3. The first-order valence-corrected chi connectivity index (χ1v) is 10.7. The Hall–Kier alpha value is -3.82. The molecule has 2 aromatic heterocycles. The van der Waals surface area contributed by atoms with Gasteiger partial charge in [0.2, 0.25) is 11.8 Å². The molecule has 0 aliphatic rings. The van der Waals surface area contributed by atoms with Crippen molar-refractivity contribution < 1.29 is 19.1 Å². The third-order valence-electron chi connectivity index (χ3n) is 5.25. The van der Waals surface area contributed by atoms with Gasteiger partial charge in [-0.3, -0.25) is 14.4 Å². The van der Waals surface area contributed by atoms with Crippen molar-refractivity contribution in [3.8, 4) is 5.75 Å². The highest BCUT2D eigenvalue weighted by Crippen LogP contribution is 2.26. The van der Waals surface area contributed by atoms with Crippen molar-refractivity contribution in [2.24, 2.45) is 18.7 Å². The lowest BCUT2D eigenvalue weighted by atomic mass is 10.0. The minimum absolute atomic E-state index is 0.117. The molecule has 33 heavy (non-hydrogen) atoms. The summed E-state index contributed by atoms with van der Waals surface area (Å²) < 4.78 is 7.09. The number of ether oxygens (including phenoxy) is 1. The summed E-state index contributed by atoms with van der Waals surface area (Å²) in [6.45, 7) is 3.89. The molecule has 0 fully saturated rings. The maximum absolute atomic E-state index is 13.0. The standard InChI is InChI=1S/C23H30N6O4/c1-13(2)8-18(22(31)27-17(21(24)30)9-14-11-29(3)12-25-14)28-23(32)19-10-15-16(26-19)6-5-7-20(15)33-4/h5-7,10-13,17-18,26H,8-9H2,1-4H3,(H2,24,30)(H,27,31)(H,28,32)/t17-,18-/m0/s1. The van der Waals surface area contributed by atoms with E-state index in [0.29, 0.717) is 23.6 Å². The Morgan fingerprint density at radius 2 is 1.97 bits per heavy atom. The summed E-state index contributed by atoms with van der Waals surface area (Å²) >= 11 is 0. The van der Waals surface area contributed by atoms with Gasteiger partial charge in [-0.05, 0) is 30.5 Å². The quantitative estimate of drug-likeness (QED) is 0.365. The van der Waals surface area contributed by atoms with Crippen LogP contribution in [0.4, 0.5) is 0 Å². The van der Waals surface area contributed by atoms with Gasteiger partial charge in [0.15, 0.2) is 0 Å². The average molecular weight is 455 g/mol. The minimum atomic E-state index is -0.948. The van der Waals surface area contributed by atoms with Crippen molar-refractivity contribution in [1.82, 2.24) is 25.2 Å². The van der Waals surface area contributed by atoms with E-state index >= 15 is 0 Å². The highest BCUT2D eigenvalue weighted by atomic mass is 16.5. The van der Waals surface area contributed by atoms with Crippen LogP contribution in [-0.2, 0) is 23.1 Å². The number of nitrogens with one attached hydrogen (secondary N) is 3. The Kier molecular flexibility index (Phi) is 7.37. The van der Waals surface area contributed by atoms with Crippen LogP contribution in [0, 0.1) is 5.92 Å². The predicted molar refractivity (Wildman–Crippen MR) is 124 cm³/mol. The molecule has 5 N–H and O–H groups in total. The molecule has 2 heterocycles. The topological polar surface area (TPSA) is 144 Å². The zero-order valence-corrected chi connectivity index (χ0v) is 19.2. The van der Waals surface area contributed by atoms with Crippen molar-refractivity contribution in [2.45, 2.75) is 38.8 Å². The summed E-state index contributed by atoms with van der Waals surface area (Å²) in [6, 6.07) is 5.34. The number of imidazole rings is 1. The molecule has 0 radical (unpaired) electrons. The number of aromatic amines is 1. The van der Waals surface area contributed by atoms with E-state index in [1.165, 1.54) is 0 Å². The average Bonchev–Trinajstić information content (AvgIpc) is 3.38. The van der Waals surface area contributed by atoms with Crippen LogP contribution in [0.5, 0.6) is 5.75 Å². The van der Waals surface area contributed by atoms with Crippen molar-refractivity contribution in [3.05, 3.63) is 48.2 Å². The third kappa shape index (κ3) is 5.91. The lowest BCUT2D eigenvalue weighted by molar-refractivity contribution is -0.128. The summed E-state index contributed by atoms with van der Waals surface area (Å²) in [4.78, 5) is 45.2. The van der Waals surface area contributed by atoms with E-state index in [4.69, 9.17) is 10.5 Å². The van der Waals surface area contributed by atoms with Crippen LogP contribution in [-0.4, -0.2) is 51.5 Å². The first kappa shape index (κ1) is 23.8. The number of carbonyl (C=O) groups excluding carboxylic acids is 3. The fraction of sp³-hybridized carbons (Fsp3) is 0.391. The number of amides is 3. The first-order chi connectivity index (χ1) is 15.7. The molecule has 3 rings (SSSR count). The second-order valence-corrected chi connectivity index (χ2v) is 8.46. The van der Waals surface area contributed by atoms with Gasteiger partial charge in [0.25, 0.3) is 5.91 Å². The highest BCUT2D eigenvalue weighted by molar-refractivity contribution is 6.01. The van der Waals surface area contributed by atoms with E-state index in [2.05, 4.69) is 20.6 Å². The molecule has 0 unspecified atom stereocenters. The fourth-order valence-corrected chi connectivity index (χ4v) is 3.64. The monoisotopic (exact) mass is 454 g/mol. The Morgan fingerprint density at radius 1 is 1.21 bits per heavy atom. The van der Waals surface area contributed by atoms with Gasteiger partial charge < -0.3 is 30.7 Å². The van der Waals surface area contributed by atoms with Crippen molar-refractivity contribution in [2.75, 3.05) is 7.11 Å². The number of rotatable bonds is 10. The smallest absolute Gasteiger partial charge is 0.268 e. The molecule has 3 amide bonds. The van der Waals surface area contributed by atoms with E-state index in [-0.39, 0.29) is 12.3 Å². The number of fused-ring (bicyclic) bond motifs is 1. The number of hydrogen-bond acceptors (Lipinski definition) is 5. The van der Waals surface area contributed by atoms with Crippen LogP contribution >= 0.6 is 0 Å². The SMILES string of the molecule is COc1cccc2[nH]c(C(=O)N[C@@H](CC(C)C)C(=O)N[C@@H](Cc3cn(C)cn3)C(N)=O)cc12. The van der Waals surface area contributed by atoms with Gasteiger partial charge in [0.1, 0.15) is 23.5 Å². The maximum Gasteiger partial charge on any atom is 0.268 e. The largest absolute Gasteiger partial charge is 0.496 e. The molecular weight excluding hydrogens is 424 g/mol. The van der Waals surface area contributed by atoms with Crippen LogP contribution in [0.2, 0.25) is 0 Å². The van der Waals surface area contributed by atoms with E-state index in [9.17, 15) is 14.4 Å². The molecule has 176 valence electrons. The zero-order chi connectivity index (χ0) is 24.1. The normalized spacial score (nSPS) is 13.0. The predicted octanol–water partition coefficient (Wildman–Crippen LogP) is 1.27. The third-order valence-corrected chi connectivity index (χ3v) is 5.25. The van der Waals surface area contributed by atoms with Crippen LogP contribution in [0.25, 0.3) is 10.9 Å². The molecular formula is C23H30N6O4. The number of methoxy groups -OCH3 is 1. The summed E-state index contributed by atoms with van der Waals surface area (Å²) in [5, 5.41) is 6.22. The van der Waals surface area contributed by atoms with Gasteiger partial charge in [-0.2, -0.15) is 0 Å². The van der Waals surface area contributed by atoms with Gasteiger partial charge in [0.05, 0.1) is 19.1 Å². The van der Waals surface area contributed by atoms with E-state index in [0.717, 1.165) is 10.9 Å². The van der Waals surface area contributed by atoms with Crippen LogP contribution in [0.1, 0.15) is 36.5 Å². The molecule has 10 nitrogen and oxygen atoms in total. The summed E-state index contributed by atoms with van der Waals surface area (Å²) in [5.41, 5.74) is 7.18. The summed E-state index contributed by atoms with van der Waals surface area (Å²) in [6.07, 6.45) is 3.90. The summed E-state index contributed by atoms with van der Waals surface area (Å²) in [7, 11) is 3.37. The van der Waals surface area contributed by atoms with Gasteiger partial charge in [-0.25, -0.2) is 4.98 Å². The fourth-order valence-electron chi connectivity index (χ4n) is 3.64.